The molecule has 2 amide bonds. The molecule has 0 radical (unpaired) electrons. The van der Waals surface area contributed by atoms with Crippen molar-refractivity contribution in [3.8, 4) is 0 Å². The zero-order chi connectivity index (χ0) is 15.9. The van der Waals surface area contributed by atoms with Gasteiger partial charge in [-0.05, 0) is 24.1 Å². The predicted octanol–water partition coefficient (Wildman–Crippen LogP) is 1.18. The number of nitrogens with zero attached hydrogens (tertiary/aromatic N) is 1. The summed E-state index contributed by atoms with van der Waals surface area (Å²) in [5.41, 5.74) is 0.883. The van der Waals surface area contributed by atoms with E-state index in [4.69, 9.17) is 5.11 Å². The summed E-state index contributed by atoms with van der Waals surface area (Å²) in [4.78, 5) is 36.8. The van der Waals surface area contributed by atoms with Gasteiger partial charge in [-0.25, -0.2) is 4.39 Å². The predicted molar refractivity (Wildman–Crippen MR) is 74.7 cm³/mol. The van der Waals surface area contributed by atoms with E-state index in [-0.39, 0.29) is 24.8 Å². The molecule has 116 valence electrons. The lowest BCUT2D eigenvalue weighted by Gasteiger charge is -2.28. The van der Waals surface area contributed by atoms with Crippen molar-refractivity contribution >= 4 is 23.5 Å². The Bertz CT molecular complexity index is 661. The van der Waals surface area contributed by atoms with Crippen molar-refractivity contribution in [1.82, 2.24) is 4.90 Å². The fourth-order valence-corrected chi connectivity index (χ4v) is 3.04. The smallest absolute Gasteiger partial charge is 0.308 e. The van der Waals surface area contributed by atoms with Gasteiger partial charge >= 0.3 is 5.97 Å². The van der Waals surface area contributed by atoms with Crippen LogP contribution in [0.4, 0.5) is 10.1 Å². The second kappa shape index (κ2) is 5.40. The summed E-state index contributed by atoms with van der Waals surface area (Å²) in [7, 11) is 0. The highest BCUT2D eigenvalue weighted by molar-refractivity contribution is 6.01. The number of hydrogen-bond donors (Lipinski definition) is 2. The van der Waals surface area contributed by atoms with Crippen molar-refractivity contribution in [2.24, 2.45) is 5.92 Å². The third-order valence-electron chi connectivity index (χ3n) is 4.20. The van der Waals surface area contributed by atoms with Gasteiger partial charge in [0.1, 0.15) is 5.82 Å². The molecule has 0 aromatic heterocycles. The number of carboxylic acid groups (broad SMARTS) is 1. The number of likely N-dealkylation sites (tertiary alicyclic amines) is 1. The van der Waals surface area contributed by atoms with Crippen molar-refractivity contribution < 1.29 is 23.9 Å². The first kappa shape index (κ1) is 14.5. The first-order valence-electron chi connectivity index (χ1n) is 7.06. The molecule has 2 aliphatic heterocycles. The van der Waals surface area contributed by atoms with Crippen molar-refractivity contribution in [3.63, 3.8) is 0 Å². The van der Waals surface area contributed by atoms with Gasteiger partial charge in [-0.3, -0.25) is 14.4 Å². The second-order valence-corrected chi connectivity index (χ2v) is 5.64. The summed E-state index contributed by atoms with van der Waals surface area (Å²) >= 11 is 0. The molecule has 1 aromatic carbocycles. The normalized spacial score (nSPS) is 23.9. The molecule has 0 spiro atoms. The van der Waals surface area contributed by atoms with E-state index in [1.165, 1.54) is 23.1 Å². The second-order valence-electron chi connectivity index (χ2n) is 5.64. The Hall–Kier alpha value is -2.44. The van der Waals surface area contributed by atoms with Gasteiger partial charge in [0.05, 0.1) is 11.8 Å². The molecule has 6 nitrogen and oxygen atoms in total. The fourth-order valence-electron chi connectivity index (χ4n) is 3.04. The highest BCUT2D eigenvalue weighted by Crippen LogP contribution is 2.35. The summed E-state index contributed by atoms with van der Waals surface area (Å²) < 4.78 is 13.3. The molecule has 0 aliphatic carbocycles. The van der Waals surface area contributed by atoms with Crippen LogP contribution in [0, 0.1) is 11.7 Å². The fraction of sp³-hybridized carbons (Fsp3) is 0.400. The topological polar surface area (TPSA) is 86.7 Å². The summed E-state index contributed by atoms with van der Waals surface area (Å²) in [6, 6.07) is 3.94. The maximum atomic E-state index is 13.3. The van der Waals surface area contributed by atoms with E-state index in [1.807, 2.05) is 0 Å². The van der Waals surface area contributed by atoms with Crippen molar-refractivity contribution in [2.75, 3.05) is 18.4 Å². The molecule has 2 atom stereocenters. The van der Waals surface area contributed by atoms with Crippen LogP contribution in [0.25, 0.3) is 0 Å². The minimum absolute atomic E-state index is 0.00823. The summed E-state index contributed by atoms with van der Waals surface area (Å²) in [5, 5.41) is 11.6. The molecule has 3 rings (SSSR count). The minimum atomic E-state index is -0.917. The molecule has 2 N–H and O–H groups in total. The van der Waals surface area contributed by atoms with E-state index in [0.717, 1.165) is 0 Å². The van der Waals surface area contributed by atoms with E-state index >= 15 is 0 Å². The number of rotatable bonds is 2. The highest BCUT2D eigenvalue weighted by Gasteiger charge is 2.37. The van der Waals surface area contributed by atoms with E-state index in [1.54, 1.807) is 0 Å². The number of carboxylic acids is 1. The largest absolute Gasteiger partial charge is 0.481 e. The quantitative estimate of drug-likeness (QED) is 0.859. The Labute approximate surface area is 125 Å². The number of carbonyl (C=O) groups excluding carboxylic acids is 2. The van der Waals surface area contributed by atoms with Gasteiger partial charge in [0.25, 0.3) is 0 Å². The number of benzene rings is 1. The van der Waals surface area contributed by atoms with E-state index in [2.05, 4.69) is 5.32 Å². The average molecular weight is 306 g/mol. The van der Waals surface area contributed by atoms with Crippen LogP contribution in [0.3, 0.4) is 0 Å². The van der Waals surface area contributed by atoms with Crippen LogP contribution in [0.2, 0.25) is 0 Å². The molecule has 1 saturated heterocycles. The lowest BCUT2D eigenvalue weighted by atomic mass is 9.89. The molecule has 2 aliphatic rings. The maximum absolute atomic E-state index is 13.3. The lowest BCUT2D eigenvalue weighted by Crippen LogP contribution is -2.37. The number of amides is 2. The van der Waals surface area contributed by atoms with Crippen LogP contribution in [0.1, 0.15) is 24.3 Å². The van der Waals surface area contributed by atoms with Gasteiger partial charge in [0.15, 0.2) is 0 Å². The zero-order valence-corrected chi connectivity index (χ0v) is 11.7. The Morgan fingerprint density at radius 1 is 1.36 bits per heavy atom. The number of fused-ring (bicyclic) bond motifs is 1. The van der Waals surface area contributed by atoms with Gasteiger partial charge < -0.3 is 15.3 Å². The highest BCUT2D eigenvalue weighted by atomic mass is 19.1. The molecule has 2 unspecified atom stereocenters. The van der Waals surface area contributed by atoms with Gasteiger partial charge in [-0.1, -0.05) is 6.07 Å². The SMILES string of the molecule is O=C1CC(C(=O)N2CCC(C(=O)O)C2)c2ccc(F)cc2N1. The average Bonchev–Trinajstić information content (AvgIpc) is 2.95. The van der Waals surface area contributed by atoms with Crippen LogP contribution < -0.4 is 5.32 Å². The molecule has 7 heteroatoms. The summed E-state index contributed by atoms with van der Waals surface area (Å²) in [5.74, 6) is -3.26. The Kier molecular flexibility index (Phi) is 3.56. The molecular formula is C15H15FN2O4. The van der Waals surface area contributed by atoms with E-state index in [0.29, 0.717) is 24.2 Å². The van der Waals surface area contributed by atoms with E-state index < -0.39 is 23.6 Å². The lowest BCUT2D eigenvalue weighted by molar-refractivity contribution is -0.141. The number of carbonyl (C=O) groups is 3. The van der Waals surface area contributed by atoms with Crippen molar-refractivity contribution in [2.45, 2.75) is 18.8 Å². The number of anilines is 1. The third-order valence-corrected chi connectivity index (χ3v) is 4.20. The minimum Gasteiger partial charge on any atom is -0.481 e. The Morgan fingerprint density at radius 3 is 2.82 bits per heavy atom. The summed E-state index contributed by atoms with van der Waals surface area (Å²) in [6.45, 7) is 0.521. The summed E-state index contributed by atoms with van der Waals surface area (Å²) in [6.07, 6.45) is 0.405. The Balaban J connectivity index is 1.85. The molecule has 0 bridgehead atoms. The van der Waals surface area contributed by atoms with Crippen LogP contribution >= 0.6 is 0 Å². The molecule has 1 aromatic rings. The zero-order valence-electron chi connectivity index (χ0n) is 11.7. The number of halogens is 1. The monoisotopic (exact) mass is 306 g/mol. The van der Waals surface area contributed by atoms with Crippen molar-refractivity contribution in [3.05, 3.63) is 29.6 Å². The molecule has 2 heterocycles. The van der Waals surface area contributed by atoms with Gasteiger partial charge in [0, 0.05) is 25.2 Å². The first-order chi connectivity index (χ1) is 10.5. The molecule has 1 fully saturated rings. The Morgan fingerprint density at radius 2 is 2.14 bits per heavy atom. The van der Waals surface area contributed by atoms with Gasteiger partial charge in [-0.2, -0.15) is 0 Å². The standard InChI is InChI=1S/C15H15FN2O4/c16-9-1-2-10-11(6-13(19)17-12(10)5-9)14(20)18-4-3-8(7-18)15(21)22/h1-2,5,8,11H,3-4,6-7H2,(H,17,19)(H,21,22). The van der Waals surface area contributed by atoms with Crippen LogP contribution in [-0.2, 0) is 14.4 Å². The van der Waals surface area contributed by atoms with Gasteiger partial charge in [-0.15, -0.1) is 0 Å². The molecule has 22 heavy (non-hydrogen) atoms. The third kappa shape index (κ3) is 2.54. The van der Waals surface area contributed by atoms with Gasteiger partial charge in [0.2, 0.25) is 11.8 Å². The maximum Gasteiger partial charge on any atom is 0.308 e. The number of hydrogen-bond acceptors (Lipinski definition) is 3. The van der Waals surface area contributed by atoms with Crippen molar-refractivity contribution in [1.29, 1.82) is 0 Å². The van der Waals surface area contributed by atoms with Crippen LogP contribution in [0.5, 0.6) is 0 Å². The number of nitrogens with one attached hydrogen (secondary N) is 1. The molecular weight excluding hydrogens is 291 g/mol. The number of aliphatic carboxylic acids is 1. The molecule has 0 saturated carbocycles. The van der Waals surface area contributed by atoms with Crippen LogP contribution in [0.15, 0.2) is 18.2 Å². The van der Waals surface area contributed by atoms with Crippen LogP contribution in [-0.4, -0.2) is 40.9 Å². The first-order valence-corrected chi connectivity index (χ1v) is 7.06. The van der Waals surface area contributed by atoms with E-state index in [9.17, 15) is 18.8 Å².